The molecule has 0 aliphatic heterocycles. The van der Waals surface area contributed by atoms with Crippen LogP contribution in [0, 0.1) is 0 Å². The minimum atomic E-state index is 0.896. The second-order valence-electron chi connectivity index (χ2n) is 16.1. The summed E-state index contributed by atoms with van der Waals surface area (Å²) in [6.07, 6.45) is 0. The summed E-state index contributed by atoms with van der Waals surface area (Å²) in [4.78, 5) is 2.38. The highest BCUT2D eigenvalue weighted by Crippen LogP contribution is 2.43. The zero-order valence-corrected chi connectivity index (χ0v) is 34.3. The molecule has 0 saturated heterocycles. The molecule has 62 heavy (non-hydrogen) atoms. The van der Waals surface area contributed by atoms with E-state index in [1.54, 1.807) is 0 Å². The van der Waals surface area contributed by atoms with E-state index in [2.05, 4.69) is 228 Å². The van der Waals surface area contributed by atoms with Crippen molar-refractivity contribution in [3.63, 3.8) is 0 Å². The first kappa shape index (κ1) is 34.9. The van der Waals surface area contributed by atoms with Crippen LogP contribution in [0.4, 0.5) is 17.1 Å². The van der Waals surface area contributed by atoms with Crippen LogP contribution >= 0.6 is 11.3 Å². The summed E-state index contributed by atoms with van der Waals surface area (Å²) >= 11 is 1.86. The van der Waals surface area contributed by atoms with Crippen molar-refractivity contribution >= 4 is 103 Å². The molecule has 0 bridgehead atoms. The van der Waals surface area contributed by atoms with E-state index in [-0.39, 0.29) is 0 Å². The Bertz CT molecular complexity index is 3820. The summed E-state index contributed by atoms with van der Waals surface area (Å²) < 4.78 is 11.6. The average molecular weight is 809 g/mol. The third-order valence-corrected chi connectivity index (χ3v) is 13.7. The molecule has 290 valence electrons. The Hall–Kier alpha value is -7.92. The molecule has 0 saturated carbocycles. The van der Waals surface area contributed by atoms with Crippen LogP contribution in [-0.2, 0) is 0 Å². The number of para-hydroxylation sites is 2. The number of nitrogens with zero attached hydrogens (tertiary/aromatic N) is 2. The third-order valence-electron chi connectivity index (χ3n) is 12.6. The molecule has 3 nitrogen and oxygen atoms in total. The fraction of sp³-hybridized carbons (Fsp3) is 0. The standard InChI is InChI=1S/C58H36N2OS/c1-2-14-46-38(11-1)27-33-50-57-45(18-10-21-54(57)61-58(46)50)39-25-31-42(32-26-39)59(41-29-23-37(24-30-41)40-28-34-56-51(35-40)49-17-5-8-22-55(49)62-56)43-12-9-13-44(36-43)60-52-19-6-3-15-47(52)48-16-4-7-20-53(48)60/h1-36H. The first-order valence-corrected chi connectivity index (χ1v) is 21.9. The van der Waals surface area contributed by atoms with Gasteiger partial charge in [0.15, 0.2) is 0 Å². The topological polar surface area (TPSA) is 21.3 Å². The smallest absolute Gasteiger partial charge is 0.143 e. The predicted octanol–water partition coefficient (Wildman–Crippen LogP) is 17.0. The van der Waals surface area contributed by atoms with Crippen LogP contribution in [0.15, 0.2) is 223 Å². The second-order valence-corrected chi connectivity index (χ2v) is 17.2. The normalized spacial score (nSPS) is 11.9. The summed E-state index contributed by atoms with van der Waals surface area (Å²) in [5.74, 6) is 0. The molecule has 0 spiro atoms. The summed E-state index contributed by atoms with van der Waals surface area (Å²) in [6, 6.07) is 79.2. The number of thiophene rings is 1. The molecule has 0 atom stereocenters. The maximum Gasteiger partial charge on any atom is 0.143 e. The van der Waals surface area contributed by atoms with E-state index in [9.17, 15) is 0 Å². The van der Waals surface area contributed by atoms with Crippen molar-refractivity contribution in [1.82, 2.24) is 4.57 Å². The van der Waals surface area contributed by atoms with Crippen LogP contribution in [0.5, 0.6) is 0 Å². The van der Waals surface area contributed by atoms with Crippen LogP contribution in [-0.4, -0.2) is 4.57 Å². The molecule has 13 aromatic rings. The first-order valence-electron chi connectivity index (χ1n) is 21.1. The lowest BCUT2D eigenvalue weighted by Gasteiger charge is -2.26. The Morgan fingerprint density at radius 2 is 1.02 bits per heavy atom. The van der Waals surface area contributed by atoms with Crippen LogP contribution in [0.2, 0.25) is 0 Å². The van der Waals surface area contributed by atoms with E-state index in [0.717, 1.165) is 61.2 Å². The van der Waals surface area contributed by atoms with Crippen LogP contribution in [0.1, 0.15) is 0 Å². The van der Waals surface area contributed by atoms with Crippen LogP contribution in [0.25, 0.3) is 103 Å². The largest absolute Gasteiger partial charge is 0.455 e. The van der Waals surface area contributed by atoms with Gasteiger partial charge in [-0.25, -0.2) is 0 Å². The molecule has 3 heterocycles. The molecule has 0 radical (unpaired) electrons. The molecule has 0 aliphatic carbocycles. The highest BCUT2D eigenvalue weighted by atomic mass is 32.1. The Morgan fingerprint density at radius 1 is 0.387 bits per heavy atom. The Balaban J connectivity index is 0.946. The van der Waals surface area contributed by atoms with Gasteiger partial charge in [-0.3, -0.25) is 0 Å². The highest BCUT2D eigenvalue weighted by Gasteiger charge is 2.19. The Labute approximate surface area is 361 Å². The van der Waals surface area contributed by atoms with Crippen molar-refractivity contribution in [2.45, 2.75) is 0 Å². The number of rotatable bonds is 6. The van der Waals surface area contributed by atoms with Crippen LogP contribution in [0.3, 0.4) is 0 Å². The lowest BCUT2D eigenvalue weighted by atomic mass is 9.98. The molecule has 0 fully saturated rings. The van der Waals surface area contributed by atoms with Crippen molar-refractivity contribution < 1.29 is 4.42 Å². The minimum absolute atomic E-state index is 0.896. The fourth-order valence-electron chi connectivity index (χ4n) is 9.71. The van der Waals surface area contributed by atoms with Gasteiger partial charge >= 0.3 is 0 Å². The molecule has 13 rings (SSSR count). The Morgan fingerprint density at radius 3 is 1.79 bits per heavy atom. The van der Waals surface area contributed by atoms with Crippen molar-refractivity contribution in [3.05, 3.63) is 218 Å². The molecule has 0 unspecified atom stereocenters. The molecule has 0 aliphatic rings. The number of fused-ring (bicyclic) bond motifs is 11. The van der Waals surface area contributed by atoms with Gasteiger partial charge in [0, 0.05) is 69.9 Å². The number of benzene rings is 10. The number of hydrogen-bond acceptors (Lipinski definition) is 3. The number of furan rings is 1. The van der Waals surface area contributed by atoms with Crippen molar-refractivity contribution in [2.24, 2.45) is 0 Å². The lowest BCUT2D eigenvalue weighted by Crippen LogP contribution is -2.10. The van der Waals surface area contributed by atoms with Gasteiger partial charge in [-0.1, -0.05) is 133 Å². The zero-order chi connectivity index (χ0) is 40.7. The summed E-state index contributed by atoms with van der Waals surface area (Å²) in [6.45, 7) is 0. The van der Waals surface area contributed by atoms with Gasteiger partial charge in [-0.05, 0) is 113 Å². The number of hydrogen-bond donors (Lipinski definition) is 0. The Kier molecular flexibility index (Phi) is 7.78. The van der Waals surface area contributed by atoms with E-state index in [1.165, 1.54) is 58.5 Å². The fourth-order valence-corrected chi connectivity index (χ4v) is 10.8. The molecule has 10 aromatic carbocycles. The molecular formula is C58H36N2OS. The average Bonchev–Trinajstić information content (AvgIpc) is 4.02. The lowest BCUT2D eigenvalue weighted by molar-refractivity contribution is 0.673. The summed E-state index contributed by atoms with van der Waals surface area (Å²) in [5.41, 5.74) is 13.2. The van der Waals surface area contributed by atoms with Gasteiger partial charge in [0.2, 0.25) is 0 Å². The maximum atomic E-state index is 6.57. The van der Waals surface area contributed by atoms with Crippen molar-refractivity contribution in [2.75, 3.05) is 4.90 Å². The van der Waals surface area contributed by atoms with Gasteiger partial charge in [0.05, 0.1) is 11.0 Å². The maximum absolute atomic E-state index is 6.57. The quantitative estimate of drug-likeness (QED) is 0.167. The van der Waals surface area contributed by atoms with E-state index in [1.807, 2.05) is 11.3 Å². The third kappa shape index (κ3) is 5.44. The van der Waals surface area contributed by atoms with Gasteiger partial charge in [0.25, 0.3) is 0 Å². The van der Waals surface area contributed by atoms with Gasteiger partial charge < -0.3 is 13.9 Å². The number of anilines is 3. The van der Waals surface area contributed by atoms with Gasteiger partial charge in [-0.2, -0.15) is 0 Å². The molecule has 4 heteroatoms. The minimum Gasteiger partial charge on any atom is -0.455 e. The molecule has 0 amide bonds. The molecule has 3 aromatic heterocycles. The van der Waals surface area contributed by atoms with E-state index in [4.69, 9.17) is 4.42 Å². The second kappa shape index (κ2) is 13.8. The van der Waals surface area contributed by atoms with Crippen molar-refractivity contribution in [1.29, 1.82) is 0 Å². The molecular weight excluding hydrogens is 773 g/mol. The van der Waals surface area contributed by atoms with E-state index >= 15 is 0 Å². The van der Waals surface area contributed by atoms with Crippen molar-refractivity contribution in [3.8, 4) is 27.9 Å². The SMILES string of the molecule is c1cc(N(c2ccc(-c3ccc4sc5ccccc5c4c3)cc2)c2ccc(-c3cccc4oc5c6ccccc6ccc5c34)cc2)cc(-n2c3ccccc3c3ccccc32)c1. The first-order chi connectivity index (χ1) is 30.7. The summed E-state index contributed by atoms with van der Waals surface area (Å²) in [5, 5.41) is 9.70. The predicted molar refractivity (Wildman–Crippen MR) is 264 cm³/mol. The van der Waals surface area contributed by atoms with Gasteiger partial charge in [-0.15, -0.1) is 11.3 Å². The zero-order valence-electron chi connectivity index (χ0n) is 33.5. The molecule has 0 N–H and O–H groups in total. The highest BCUT2D eigenvalue weighted by molar-refractivity contribution is 7.25. The summed E-state index contributed by atoms with van der Waals surface area (Å²) in [7, 11) is 0. The van der Waals surface area contributed by atoms with Crippen LogP contribution < -0.4 is 4.90 Å². The van der Waals surface area contributed by atoms with E-state index in [0.29, 0.717) is 0 Å². The monoisotopic (exact) mass is 808 g/mol. The number of aromatic nitrogens is 1. The van der Waals surface area contributed by atoms with E-state index < -0.39 is 0 Å². The van der Waals surface area contributed by atoms with Gasteiger partial charge in [0.1, 0.15) is 11.2 Å².